The van der Waals surface area contributed by atoms with E-state index in [0.29, 0.717) is 70.7 Å². The molecule has 0 bridgehead atoms. The number of nitrogens with zero attached hydrogens (tertiary/aromatic N) is 5. The lowest BCUT2D eigenvalue weighted by Crippen LogP contribution is -2.46. The van der Waals surface area contributed by atoms with Gasteiger partial charge in [0.25, 0.3) is 0 Å². The fourth-order valence-electron chi connectivity index (χ4n) is 8.11. The van der Waals surface area contributed by atoms with Gasteiger partial charge in [-0.15, -0.1) is 0 Å². The van der Waals surface area contributed by atoms with Crippen molar-refractivity contribution < 1.29 is 50.2 Å². The molecule has 3 amide bonds. The number of halogens is 4. The molecule has 0 radical (unpaired) electrons. The number of ether oxygens (including phenoxy) is 1. The number of benzene rings is 2. The lowest BCUT2D eigenvalue weighted by Gasteiger charge is -2.36. The van der Waals surface area contributed by atoms with E-state index in [4.69, 9.17) is 4.74 Å². The number of carbonyl (C=O) groups is 3. The first-order chi connectivity index (χ1) is 30.3. The number of amides is 3. The van der Waals surface area contributed by atoms with Crippen LogP contribution in [0, 0.1) is 23.6 Å². The van der Waals surface area contributed by atoms with Crippen molar-refractivity contribution >= 4 is 39.4 Å². The van der Waals surface area contributed by atoms with E-state index in [1.807, 2.05) is 29.2 Å². The van der Waals surface area contributed by atoms with E-state index >= 15 is 4.39 Å². The lowest BCUT2D eigenvalue weighted by atomic mass is 9.85. The molecule has 4 aromatic rings. The summed E-state index contributed by atoms with van der Waals surface area (Å²) in [7, 11) is -4.19. The number of anilines is 2. The van der Waals surface area contributed by atoms with Crippen molar-refractivity contribution in [3.05, 3.63) is 83.6 Å². The standard InChI is InChI=1S/C44H48F4N8O7S/c1-43(2,60)26-56-25-30(23-50-56)39-35(44(46,47)48)24-49-42(53-39)51-37-14-12-33(22-36(37)45)64(61,62)54-31-10-8-28(9-11-31)41(59)55-18-16-32(17-19-55)63-20-4-6-27-5-3-7-29(21-27)34-13-15-38(57)52-40(34)58/h3,5,7,12,14,21-25,28,31-32,34,54,60H,8-11,13,15-20,26H2,1-2H3,(H,49,51,53)(H,52,57,58). The Balaban J connectivity index is 0.868. The number of piperidine rings is 2. The monoisotopic (exact) mass is 908 g/mol. The summed E-state index contributed by atoms with van der Waals surface area (Å²) < 4.78 is 93.6. The van der Waals surface area contributed by atoms with Crippen molar-refractivity contribution in [1.29, 1.82) is 0 Å². The molecule has 2 saturated heterocycles. The molecule has 0 spiro atoms. The maximum absolute atomic E-state index is 15.4. The Morgan fingerprint density at radius 1 is 1.02 bits per heavy atom. The van der Waals surface area contributed by atoms with E-state index in [2.05, 4.69) is 42.3 Å². The first-order valence-electron chi connectivity index (χ1n) is 20.9. The Morgan fingerprint density at radius 3 is 2.45 bits per heavy atom. The van der Waals surface area contributed by atoms with Crippen LogP contribution < -0.4 is 15.4 Å². The SMILES string of the molecule is CC(C)(O)Cn1cc(-c2nc(Nc3ccc(S(=O)(=O)NC4CCC(C(=O)N5CCC(OCC#Cc6cccc(C7CCC(=O)NC7=O)c6)CC5)CC4)cc3F)ncc2C(F)(F)F)cn1. The molecule has 2 aliphatic heterocycles. The van der Waals surface area contributed by atoms with Crippen LogP contribution in [0.1, 0.15) is 87.8 Å². The van der Waals surface area contributed by atoms with Gasteiger partial charge in [-0.25, -0.2) is 27.5 Å². The summed E-state index contributed by atoms with van der Waals surface area (Å²) in [5.41, 5.74) is -1.64. The molecule has 4 N–H and O–H groups in total. The van der Waals surface area contributed by atoms with Crippen LogP contribution in [0.5, 0.6) is 0 Å². The van der Waals surface area contributed by atoms with E-state index in [1.54, 1.807) is 0 Å². The van der Waals surface area contributed by atoms with E-state index in [9.17, 15) is 41.1 Å². The molecule has 1 atom stereocenters. The minimum atomic E-state index is -4.83. The zero-order valence-electron chi connectivity index (χ0n) is 35.1. The van der Waals surface area contributed by atoms with Gasteiger partial charge in [-0.05, 0) is 94.7 Å². The number of imide groups is 1. The number of aliphatic hydroxyl groups is 1. The van der Waals surface area contributed by atoms with Gasteiger partial charge >= 0.3 is 6.18 Å². The number of carbonyl (C=O) groups excluding carboxylic acids is 3. The summed E-state index contributed by atoms with van der Waals surface area (Å²) in [5.74, 6) is 3.50. The van der Waals surface area contributed by atoms with Crippen molar-refractivity contribution in [2.45, 2.75) is 106 Å². The summed E-state index contributed by atoms with van der Waals surface area (Å²) in [4.78, 5) is 46.4. The minimum Gasteiger partial charge on any atom is -0.389 e. The predicted molar refractivity (Wildman–Crippen MR) is 224 cm³/mol. The molecule has 7 rings (SSSR count). The number of rotatable bonds is 12. The van der Waals surface area contributed by atoms with Gasteiger partial charge in [0, 0.05) is 55.0 Å². The Hall–Kier alpha value is -5.75. The number of aromatic nitrogens is 4. The molecule has 1 saturated carbocycles. The second kappa shape index (κ2) is 19.2. The Kier molecular flexibility index (Phi) is 13.8. The van der Waals surface area contributed by atoms with E-state index < -0.39 is 44.9 Å². The molecule has 15 nitrogen and oxygen atoms in total. The largest absolute Gasteiger partial charge is 0.419 e. The molecule has 2 aromatic carbocycles. The van der Waals surface area contributed by atoms with Crippen molar-refractivity contribution in [2.75, 3.05) is 25.0 Å². The van der Waals surface area contributed by atoms with Crippen LogP contribution in [0.3, 0.4) is 0 Å². The molecule has 3 fully saturated rings. The van der Waals surface area contributed by atoms with Crippen molar-refractivity contribution in [3.63, 3.8) is 0 Å². The summed E-state index contributed by atoms with van der Waals surface area (Å²) in [6, 6.07) is 9.95. The number of nitrogens with one attached hydrogen (secondary N) is 3. The topological polar surface area (TPSA) is 198 Å². The second-order valence-corrected chi connectivity index (χ2v) is 18.6. The van der Waals surface area contributed by atoms with Gasteiger partial charge in [-0.1, -0.05) is 24.0 Å². The highest BCUT2D eigenvalue weighted by molar-refractivity contribution is 7.89. The Morgan fingerprint density at radius 2 is 1.77 bits per heavy atom. The zero-order valence-corrected chi connectivity index (χ0v) is 35.9. The summed E-state index contributed by atoms with van der Waals surface area (Å²) in [5, 5.41) is 19.0. The van der Waals surface area contributed by atoms with Gasteiger partial charge in [-0.3, -0.25) is 24.4 Å². The van der Waals surface area contributed by atoms with E-state index in [0.717, 1.165) is 35.5 Å². The van der Waals surface area contributed by atoms with Crippen LogP contribution in [-0.2, 0) is 41.9 Å². The quantitative estimate of drug-likeness (QED) is 0.0804. The van der Waals surface area contributed by atoms with Gasteiger partial charge in [-0.2, -0.15) is 18.3 Å². The van der Waals surface area contributed by atoms with Crippen LogP contribution >= 0.6 is 0 Å². The minimum absolute atomic E-state index is 0.00582. The number of hydrogen-bond acceptors (Lipinski definition) is 11. The molecule has 64 heavy (non-hydrogen) atoms. The van der Waals surface area contributed by atoms with Crippen LogP contribution in [0.4, 0.5) is 29.2 Å². The van der Waals surface area contributed by atoms with Gasteiger partial charge in [0.1, 0.15) is 18.0 Å². The summed E-state index contributed by atoms with van der Waals surface area (Å²) >= 11 is 0. The average molecular weight is 909 g/mol. The number of sulfonamides is 1. The van der Waals surface area contributed by atoms with E-state index in [1.165, 1.54) is 24.7 Å². The molecule has 1 aliphatic carbocycles. The van der Waals surface area contributed by atoms with Gasteiger partial charge in [0.05, 0.1) is 46.6 Å². The first-order valence-corrected chi connectivity index (χ1v) is 22.4. The maximum atomic E-state index is 15.4. The van der Waals surface area contributed by atoms with Crippen LogP contribution in [0.15, 0.2) is 66.0 Å². The lowest BCUT2D eigenvalue weighted by molar-refractivity contribution is -0.139. The zero-order chi connectivity index (χ0) is 45.8. The molecule has 3 aliphatic rings. The molecule has 20 heteroatoms. The molecular weight excluding hydrogens is 861 g/mol. The van der Waals surface area contributed by atoms with Gasteiger partial charge in [0.15, 0.2) is 0 Å². The molecular formula is C44H48F4N8O7S. The molecule has 340 valence electrons. The normalized spacial score (nSPS) is 20.0. The third-order valence-corrected chi connectivity index (χ3v) is 12.9. The number of alkyl halides is 3. The van der Waals surface area contributed by atoms with Crippen LogP contribution in [0.25, 0.3) is 11.3 Å². The molecule has 1 unspecified atom stereocenters. The van der Waals surface area contributed by atoms with Crippen molar-refractivity contribution in [2.24, 2.45) is 5.92 Å². The summed E-state index contributed by atoms with van der Waals surface area (Å²) in [6.45, 7) is 4.27. The van der Waals surface area contributed by atoms with Crippen molar-refractivity contribution in [1.82, 2.24) is 34.7 Å². The third kappa shape index (κ3) is 11.7. The first kappa shape index (κ1) is 46.2. The Bertz CT molecular complexity index is 2550. The van der Waals surface area contributed by atoms with Crippen molar-refractivity contribution in [3.8, 4) is 23.1 Å². The molecule has 2 aromatic heterocycles. The Labute approximate surface area is 367 Å². The number of likely N-dealkylation sites (tertiary alicyclic amines) is 1. The average Bonchev–Trinajstić information content (AvgIpc) is 3.70. The third-order valence-electron chi connectivity index (χ3n) is 11.4. The maximum Gasteiger partial charge on any atom is 0.419 e. The highest BCUT2D eigenvalue weighted by Gasteiger charge is 2.37. The van der Waals surface area contributed by atoms with E-state index in [-0.39, 0.29) is 70.9 Å². The fraction of sp³-hybridized carbons (Fsp3) is 0.455. The summed E-state index contributed by atoms with van der Waals surface area (Å²) in [6.07, 6.45) is 1.88. The molecule has 4 heterocycles. The second-order valence-electron chi connectivity index (χ2n) is 16.9. The highest BCUT2D eigenvalue weighted by Crippen LogP contribution is 2.37. The smallest absolute Gasteiger partial charge is 0.389 e. The van der Waals surface area contributed by atoms with Crippen LogP contribution in [0.2, 0.25) is 0 Å². The highest BCUT2D eigenvalue weighted by atomic mass is 32.2. The predicted octanol–water partition coefficient (Wildman–Crippen LogP) is 5.43. The number of hydrogen-bond donors (Lipinski definition) is 4. The fourth-order valence-corrected chi connectivity index (χ4v) is 9.43. The van der Waals surface area contributed by atoms with Gasteiger partial charge in [0.2, 0.25) is 33.7 Å². The van der Waals surface area contributed by atoms with Crippen LogP contribution in [-0.4, -0.2) is 93.3 Å². The van der Waals surface area contributed by atoms with Gasteiger partial charge < -0.3 is 20.1 Å².